The first-order chi connectivity index (χ1) is 5.22. The minimum atomic E-state index is -1.29. The second-order valence-electron chi connectivity index (χ2n) is 2.67. The van der Waals surface area contributed by atoms with Crippen molar-refractivity contribution in [1.29, 1.82) is 0 Å². The molecule has 1 fully saturated rings. The van der Waals surface area contributed by atoms with Crippen LogP contribution in [-0.2, 0) is 5.67 Å². The van der Waals surface area contributed by atoms with Crippen LogP contribution in [0.1, 0.15) is 5.76 Å². The van der Waals surface area contributed by atoms with E-state index in [0.29, 0.717) is 23.3 Å². The smallest absolute Gasteiger partial charge is 0.193 e. The van der Waals surface area contributed by atoms with Crippen LogP contribution in [0.5, 0.6) is 0 Å². The first-order valence-corrected chi connectivity index (χ1v) is 4.15. The average Bonchev–Trinajstić information content (AvgIpc) is 2.30. The van der Waals surface area contributed by atoms with Gasteiger partial charge in [-0.25, -0.2) is 4.39 Å². The van der Waals surface area contributed by atoms with E-state index in [-0.39, 0.29) is 0 Å². The van der Waals surface area contributed by atoms with E-state index in [4.69, 9.17) is 4.42 Å². The molecule has 4 heteroatoms. The predicted octanol–water partition coefficient (Wildman–Crippen LogP) is 1.81. The van der Waals surface area contributed by atoms with Crippen molar-refractivity contribution in [2.75, 3.05) is 13.1 Å². The molecule has 60 valence electrons. The summed E-state index contributed by atoms with van der Waals surface area (Å²) in [6.07, 6.45) is 1.49. The van der Waals surface area contributed by atoms with E-state index < -0.39 is 5.67 Å². The highest BCUT2D eigenvalue weighted by Gasteiger charge is 2.43. The van der Waals surface area contributed by atoms with Gasteiger partial charge in [-0.05, 0) is 22.0 Å². The van der Waals surface area contributed by atoms with Gasteiger partial charge < -0.3 is 9.73 Å². The minimum Gasteiger partial charge on any atom is -0.465 e. The molecule has 1 aromatic heterocycles. The maximum absolute atomic E-state index is 13.5. The summed E-state index contributed by atoms with van der Waals surface area (Å²) in [6, 6.07) is 1.70. The van der Waals surface area contributed by atoms with Crippen molar-refractivity contribution in [3.05, 3.63) is 22.6 Å². The van der Waals surface area contributed by atoms with Crippen LogP contribution in [0.3, 0.4) is 0 Å². The van der Waals surface area contributed by atoms with Gasteiger partial charge in [0.25, 0.3) is 0 Å². The molecule has 0 bridgehead atoms. The molecule has 0 aliphatic carbocycles. The summed E-state index contributed by atoms with van der Waals surface area (Å²) in [7, 11) is 0. The molecule has 0 saturated carbocycles. The van der Waals surface area contributed by atoms with E-state index in [0.717, 1.165) is 0 Å². The third-order valence-corrected chi connectivity index (χ3v) is 2.46. The standard InChI is InChI=1S/C7H7BrFNO/c8-5-1-2-11-6(5)7(9)3-10-4-7/h1-2,10H,3-4H2. The molecular formula is C7H7BrFNO. The Morgan fingerprint density at radius 3 is 2.73 bits per heavy atom. The van der Waals surface area contributed by atoms with Crippen molar-refractivity contribution in [2.45, 2.75) is 5.67 Å². The van der Waals surface area contributed by atoms with Gasteiger partial charge in [0.2, 0.25) is 0 Å². The molecule has 11 heavy (non-hydrogen) atoms. The summed E-state index contributed by atoms with van der Waals surface area (Å²) in [5.41, 5.74) is -1.29. The fourth-order valence-corrected chi connectivity index (χ4v) is 1.68. The molecule has 1 N–H and O–H groups in total. The third-order valence-electron chi connectivity index (χ3n) is 1.83. The molecule has 2 heterocycles. The molecule has 2 nitrogen and oxygen atoms in total. The molecule has 2 rings (SSSR count). The van der Waals surface area contributed by atoms with Crippen LogP contribution >= 0.6 is 15.9 Å². The van der Waals surface area contributed by atoms with Crippen LogP contribution < -0.4 is 5.32 Å². The van der Waals surface area contributed by atoms with Gasteiger partial charge in [-0.2, -0.15) is 0 Å². The lowest BCUT2D eigenvalue weighted by molar-refractivity contribution is 0.0618. The number of furan rings is 1. The van der Waals surface area contributed by atoms with Crippen molar-refractivity contribution in [3.8, 4) is 0 Å². The van der Waals surface area contributed by atoms with E-state index in [2.05, 4.69) is 21.2 Å². The Labute approximate surface area is 71.9 Å². The predicted molar refractivity (Wildman–Crippen MR) is 42.1 cm³/mol. The molecule has 1 saturated heterocycles. The highest BCUT2D eigenvalue weighted by Crippen LogP contribution is 2.35. The third kappa shape index (κ3) is 1.01. The summed E-state index contributed by atoms with van der Waals surface area (Å²) >= 11 is 3.22. The Morgan fingerprint density at radius 1 is 1.64 bits per heavy atom. The Morgan fingerprint density at radius 2 is 2.36 bits per heavy atom. The van der Waals surface area contributed by atoms with Gasteiger partial charge in [0, 0.05) is 13.1 Å². The van der Waals surface area contributed by atoms with Crippen molar-refractivity contribution in [1.82, 2.24) is 5.32 Å². The number of rotatable bonds is 1. The topological polar surface area (TPSA) is 25.2 Å². The maximum Gasteiger partial charge on any atom is 0.193 e. The zero-order valence-corrected chi connectivity index (χ0v) is 7.32. The van der Waals surface area contributed by atoms with Gasteiger partial charge in [-0.1, -0.05) is 0 Å². The van der Waals surface area contributed by atoms with E-state index in [1.54, 1.807) is 6.07 Å². The van der Waals surface area contributed by atoms with Gasteiger partial charge in [0.05, 0.1) is 10.7 Å². The summed E-state index contributed by atoms with van der Waals surface area (Å²) < 4.78 is 19.3. The number of nitrogens with one attached hydrogen (secondary N) is 1. The molecule has 1 aliphatic rings. The lowest BCUT2D eigenvalue weighted by Gasteiger charge is -2.33. The Kier molecular flexibility index (Phi) is 1.54. The van der Waals surface area contributed by atoms with E-state index in [1.807, 2.05) is 0 Å². The number of halogens is 2. The normalized spacial score (nSPS) is 21.3. The monoisotopic (exact) mass is 219 g/mol. The Balaban J connectivity index is 2.35. The molecule has 0 aromatic carbocycles. The fraction of sp³-hybridized carbons (Fsp3) is 0.429. The highest BCUT2D eigenvalue weighted by atomic mass is 79.9. The van der Waals surface area contributed by atoms with Crippen LogP contribution in [0, 0.1) is 0 Å². The molecule has 0 unspecified atom stereocenters. The van der Waals surface area contributed by atoms with Crippen LogP contribution in [0.2, 0.25) is 0 Å². The summed E-state index contributed by atoms with van der Waals surface area (Å²) in [6.45, 7) is 0.693. The van der Waals surface area contributed by atoms with Gasteiger partial charge in [0.15, 0.2) is 11.4 Å². The zero-order chi connectivity index (χ0) is 7.90. The Bertz CT molecular complexity index is 269. The lowest BCUT2D eigenvalue weighted by Crippen LogP contribution is -2.53. The Hall–Kier alpha value is -0.350. The summed E-state index contributed by atoms with van der Waals surface area (Å²) in [4.78, 5) is 0. The molecule has 1 aliphatic heterocycles. The number of hydrogen-bond donors (Lipinski definition) is 1. The van der Waals surface area contributed by atoms with Crippen molar-refractivity contribution >= 4 is 15.9 Å². The van der Waals surface area contributed by atoms with Gasteiger partial charge >= 0.3 is 0 Å². The number of hydrogen-bond acceptors (Lipinski definition) is 2. The maximum atomic E-state index is 13.5. The number of alkyl halides is 1. The molecule has 0 spiro atoms. The molecule has 0 radical (unpaired) electrons. The first-order valence-electron chi connectivity index (χ1n) is 3.35. The lowest BCUT2D eigenvalue weighted by atomic mass is 9.97. The zero-order valence-electron chi connectivity index (χ0n) is 5.73. The van der Waals surface area contributed by atoms with E-state index in [9.17, 15) is 4.39 Å². The highest BCUT2D eigenvalue weighted by molar-refractivity contribution is 9.10. The average molecular weight is 220 g/mol. The second kappa shape index (κ2) is 2.32. The largest absolute Gasteiger partial charge is 0.465 e. The summed E-state index contributed by atoms with van der Waals surface area (Å²) in [5, 5.41) is 2.86. The first kappa shape index (κ1) is 7.31. The van der Waals surface area contributed by atoms with Gasteiger partial charge in [-0.15, -0.1) is 0 Å². The van der Waals surface area contributed by atoms with E-state index in [1.165, 1.54) is 6.26 Å². The van der Waals surface area contributed by atoms with Crippen LogP contribution in [0.25, 0.3) is 0 Å². The fourth-order valence-electron chi connectivity index (χ4n) is 1.12. The van der Waals surface area contributed by atoms with Crippen molar-refractivity contribution in [2.24, 2.45) is 0 Å². The van der Waals surface area contributed by atoms with E-state index >= 15 is 0 Å². The summed E-state index contributed by atoms with van der Waals surface area (Å²) in [5.74, 6) is 0.399. The molecule has 0 amide bonds. The van der Waals surface area contributed by atoms with Crippen molar-refractivity contribution in [3.63, 3.8) is 0 Å². The second-order valence-corrected chi connectivity index (χ2v) is 3.52. The van der Waals surface area contributed by atoms with Crippen molar-refractivity contribution < 1.29 is 8.81 Å². The minimum absolute atomic E-state index is 0.346. The quantitative estimate of drug-likeness (QED) is 0.780. The molecule has 1 aromatic rings. The van der Waals surface area contributed by atoms with Crippen LogP contribution in [-0.4, -0.2) is 13.1 Å². The van der Waals surface area contributed by atoms with Gasteiger partial charge in [0.1, 0.15) is 0 Å². The molecule has 0 atom stereocenters. The van der Waals surface area contributed by atoms with Crippen LogP contribution in [0.15, 0.2) is 21.2 Å². The molecular weight excluding hydrogens is 213 g/mol. The SMILES string of the molecule is FC1(c2occc2Br)CNC1. The van der Waals surface area contributed by atoms with Crippen LogP contribution in [0.4, 0.5) is 4.39 Å². The van der Waals surface area contributed by atoms with Gasteiger partial charge in [-0.3, -0.25) is 0 Å².